The van der Waals surface area contributed by atoms with E-state index in [1.165, 1.54) is 4.40 Å². The van der Waals surface area contributed by atoms with Gasteiger partial charge in [-0.2, -0.15) is 0 Å². The number of fused-ring (bicyclic) bond motifs is 2. The van der Waals surface area contributed by atoms with Gasteiger partial charge >= 0.3 is 0 Å². The lowest BCUT2D eigenvalue weighted by molar-refractivity contribution is 0.0696. The van der Waals surface area contributed by atoms with Crippen LogP contribution in [0.15, 0.2) is 41.3 Å². The predicted octanol–water partition coefficient (Wildman–Crippen LogP) is 3.37. The van der Waals surface area contributed by atoms with E-state index >= 15 is 0 Å². The Morgan fingerprint density at radius 3 is 2.72 bits per heavy atom. The second-order valence-electron chi connectivity index (χ2n) is 6.70. The molecule has 1 aliphatic heterocycles. The van der Waals surface area contributed by atoms with Crippen molar-refractivity contribution in [1.29, 1.82) is 0 Å². The summed E-state index contributed by atoms with van der Waals surface area (Å²) in [5.74, 6) is 0.621. The maximum Gasteiger partial charge on any atom is 0.265 e. The highest BCUT2D eigenvalue weighted by molar-refractivity contribution is 6.31. The lowest BCUT2D eigenvalue weighted by atomic mass is 9.99. The van der Waals surface area contributed by atoms with E-state index in [4.69, 9.17) is 11.6 Å². The molecule has 1 aliphatic rings. The van der Waals surface area contributed by atoms with Gasteiger partial charge in [-0.3, -0.25) is 14.0 Å². The van der Waals surface area contributed by atoms with Gasteiger partial charge in [0.05, 0.1) is 16.5 Å². The Hall–Kier alpha value is -2.40. The molecule has 4 rings (SSSR count). The third-order valence-corrected chi connectivity index (χ3v) is 5.12. The summed E-state index contributed by atoms with van der Waals surface area (Å²) in [5.41, 5.74) is 1.40. The molecule has 1 fully saturated rings. The van der Waals surface area contributed by atoms with Crippen LogP contribution >= 0.6 is 11.6 Å². The summed E-state index contributed by atoms with van der Waals surface area (Å²) in [7, 11) is 0. The van der Waals surface area contributed by atoms with Crippen LogP contribution in [0.2, 0.25) is 5.02 Å². The van der Waals surface area contributed by atoms with E-state index in [9.17, 15) is 9.59 Å². The van der Waals surface area contributed by atoms with Crippen molar-refractivity contribution in [2.75, 3.05) is 13.1 Å². The maximum atomic E-state index is 12.8. The Labute approximate surface area is 149 Å². The van der Waals surface area contributed by atoms with Crippen molar-refractivity contribution in [1.82, 2.24) is 14.3 Å². The average molecular weight is 356 g/mol. The van der Waals surface area contributed by atoms with Crippen molar-refractivity contribution in [2.24, 2.45) is 5.92 Å². The third kappa shape index (κ3) is 2.89. The zero-order valence-corrected chi connectivity index (χ0v) is 14.7. The van der Waals surface area contributed by atoms with Crippen molar-refractivity contribution in [3.05, 3.63) is 57.5 Å². The smallest absolute Gasteiger partial charge is 0.265 e. The van der Waals surface area contributed by atoms with Crippen molar-refractivity contribution in [3.8, 4) is 0 Å². The van der Waals surface area contributed by atoms with Crippen LogP contribution in [0.1, 0.15) is 30.1 Å². The Kier molecular flexibility index (Phi) is 3.96. The highest BCUT2D eigenvalue weighted by Crippen LogP contribution is 2.19. The molecule has 0 aliphatic carbocycles. The molecule has 1 aromatic carbocycles. The van der Waals surface area contributed by atoms with Gasteiger partial charge in [0.25, 0.3) is 11.5 Å². The Bertz CT molecular complexity index is 1040. The number of rotatable bonds is 1. The number of carbonyl (C=O) groups excluding carboxylic acids is 1. The summed E-state index contributed by atoms with van der Waals surface area (Å²) >= 11 is 6.00. The number of nitrogens with zero attached hydrogens (tertiary/aromatic N) is 3. The summed E-state index contributed by atoms with van der Waals surface area (Å²) in [6.07, 6.45) is 3.62. The number of hydrogen-bond donors (Lipinski definition) is 0. The molecule has 5 nitrogen and oxygen atoms in total. The number of amides is 1. The monoisotopic (exact) mass is 355 g/mol. The molecule has 0 bridgehead atoms. The fraction of sp³-hybridized carbons (Fsp3) is 0.316. The van der Waals surface area contributed by atoms with E-state index in [0.717, 1.165) is 25.9 Å². The van der Waals surface area contributed by atoms with Crippen LogP contribution in [0.5, 0.6) is 0 Å². The molecule has 1 amide bonds. The van der Waals surface area contributed by atoms with E-state index in [0.29, 0.717) is 33.1 Å². The number of pyridine rings is 1. The van der Waals surface area contributed by atoms with Crippen LogP contribution in [0.4, 0.5) is 0 Å². The molecule has 3 heterocycles. The number of aromatic nitrogens is 2. The van der Waals surface area contributed by atoms with Crippen molar-refractivity contribution >= 4 is 34.1 Å². The number of piperidine rings is 1. The SMILES string of the molecule is CC1CCN(C(=O)c2ccc3nc4ccc(Cl)cc4c(=O)n3c2)CC1. The average Bonchev–Trinajstić information content (AvgIpc) is 2.62. The predicted molar refractivity (Wildman–Crippen MR) is 98.3 cm³/mol. The molecule has 2 aromatic heterocycles. The summed E-state index contributed by atoms with van der Waals surface area (Å²) in [6, 6.07) is 8.51. The summed E-state index contributed by atoms with van der Waals surface area (Å²) in [5, 5.41) is 0.933. The molecule has 6 heteroatoms. The van der Waals surface area contributed by atoms with Crippen LogP contribution in [0.25, 0.3) is 16.6 Å². The van der Waals surface area contributed by atoms with Crippen LogP contribution in [-0.2, 0) is 0 Å². The highest BCUT2D eigenvalue weighted by Gasteiger charge is 2.22. The lowest BCUT2D eigenvalue weighted by Gasteiger charge is -2.30. The second kappa shape index (κ2) is 6.15. The minimum Gasteiger partial charge on any atom is -0.339 e. The van der Waals surface area contributed by atoms with Crippen LogP contribution in [0, 0.1) is 5.92 Å². The van der Waals surface area contributed by atoms with Gasteiger partial charge in [0.15, 0.2) is 0 Å². The minimum absolute atomic E-state index is 0.0353. The molecule has 25 heavy (non-hydrogen) atoms. The second-order valence-corrected chi connectivity index (χ2v) is 7.14. The normalized spacial score (nSPS) is 15.8. The summed E-state index contributed by atoms with van der Waals surface area (Å²) in [6.45, 7) is 3.73. The molecule has 0 radical (unpaired) electrons. The van der Waals surface area contributed by atoms with Gasteiger partial charge in [-0.25, -0.2) is 4.98 Å². The van der Waals surface area contributed by atoms with Gasteiger partial charge in [-0.15, -0.1) is 0 Å². The minimum atomic E-state index is -0.218. The van der Waals surface area contributed by atoms with Gasteiger partial charge in [0.2, 0.25) is 0 Å². The first-order valence-corrected chi connectivity index (χ1v) is 8.82. The lowest BCUT2D eigenvalue weighted by Crippen LogP contribution is -2.38. The molecule has 1 saturated heterocycles. The van der Waals surface area contributed by atoms with E-state index in [2.05, 4.69) is 11.9 Å². The maximum absolute atomic E-state index is 12.8. The first-order valence-electron chi connectivity index (χ1n) is 8.44. The summed E-state index contributed by atoms with van der Waals surface area (Å²) < 4.78 is 1.43. The quantitative estimate of drug-likeness (QED) is 0.629. The molecule has 0 saturated carbocycles. The van der Waals surface area contributed by atoms with Crippen molar-refractivity contribution in [2.45, 2.75) is 19.8 Å². The van der Waals surface area contributed by atoms with Gasteiger partial charge in [0, 0.05) is 24.3 Å². The number of benzene rings is 1. The van der Waals surface area contributed by atoms with Gasteiger partial charge in [-0.05, 0) is 49.1 Å². The van der Waals surface area contributed by atoms with Gasteiger partial charge in [-0.1, -0.05) is 18.5 Å². The van der Waals surface area contributed by atoms with E-state index in [1.54, 1.807) is 36.5 Å². The number of halogens is 1. The zero-order chi connectivity index (χ0) is 17.6. The molecule has 0 spiro atoms. The fourth-order valence-corrected chi connectivity index (χ4v) is 3.47. The van der Waals surface area contributed by atoms with E-state index in [-0.39, 0.29) is 11.5 Å². The van der Waals surface area contributed by atoms with Crippen LogP contribution < -0.4 is 5.56 Å². The Morgan fingerprint density at radius 2 is 1.96 bits per heavy atom. The topological polar surface area (TPSA) is 54.7 Å². The first-order chi connectivity index (χ1) is 12.0. The Balaban J connectivity index is 1.79. The third-order valence-electron chi connectivity index (χ3n) is 4.89. The largest absolute Gasteiger partial charge is 0.339 e. The zero-order valence-electron chi connectivity index (χ0n) is 13.9. The van der Waals surface area contributed by atoms with E-state index < -0.39 is 0 Å². The molecule has 0 unspecified atom stereocenters. The number of hydrogen-bond acceptors (Lipinski definition) is 3. The Morgan fingerprint density at radius 1 is 1.20 bits per heavy atom. The van der Waals surface area contributed by atoms with Crippen molar-refractivity contribution in [3.63, 3.8) is 0 Å². The molecular formula is C19H18ClN3O2. The van der Waals surface area contributed by atoms with Crippen LogP contribution in [0.3, 0.4) is 0 Å². The molecule has 0 N–H and O–H groups in total. The van der Waals surface area contributed by atoms with E-state index in [1.807, 2.05) is 4.90 Å². The number of carbonyl (C=O) groups is 1. The standard InChI is InChI=1S/C19H18ClN3O2/c1-12-6-8-22(9-7-12)18(24)13-2-5-17-21-16-4-3-14(20)10-15(16)19(25)23(17)11-13/h2-5,10-12H,6-9H2,1H3. The van der Waals surface area contributed by atoms with Crippen LogP contribution in [-0.4, -0.2) is 33.3 Å². The number of likely N-dealkylation sites (tertiary alicyclic amines) is 1. The van der Waals surface area contributed by atoms with Gasteiger partial charge in [0.1, 0.15) is 5.65 Å². The first kappa shape index (κ1) is 16.1. The molecule has 0 atom stereocenters. The highest BCUT2D eigenvalue weighted by atomic mass is 35.5. The summed E-state index contributed by atoms with van der Waals surface area (Å²) in [4.78, 5) is 31.9. The van der Waals surface area contributed by atoms with Gasteiger partial charge < -0.3 is 4.90 Å². The molecule has 128 valence electrons. The van der Waals surface area contributed by atoms with Crippen molar-refractivity contribution < 1.29 is 4.79 Å². The molecular weight excluding hydrogens is 338 g/mol. The fourth-order valence-electron chi connectivity index (χ4n) is 3.30. The molecule has 3 aromatic rings.